The summed E-state index contributed by atoms with van der Waals surface area (Å²) in [7, 11) is 1.67. The van der Waals surface area contributed by atoms with Crippen LogP contribution in [0.25, 0.3) is 0 Å². The number of rotatable bonds is 2. The number of hydrogen-bond donors (Lipinski definition) is 1. The van der Waals surface area contributed by atoms with E-state index in [1.54, 1.807) is 7.11 Å². The molecule has 3 nitrogen and oxygen atoms in total. The van der Waals surface area contributed by atoms with Gasteiger partial charge in [0.25, 0.3) is 0 Å². The fraction of sp³-hybridized carbons (Fsp3) is 0.250. The molecule has 1 heterocycles. The van der Waals surface area contributed by atoms with Crippen molar-refractivity contribution < 1.29 is 9.47 Å². The SMILES string of the molecule is COc1cccc(C2C[C@@H](N)c3cc(Br)ccc3O2)c1. The van der Waals surface area contributed by atoms with Crippen LogP contribution in [-0.2, 0) is 0 Å². The van der Waals surface area contributed by atoms with Crippen LogP contribution in [0.4, 0.5) is 0 Å². The number of halogens is 1. The summed E-state index contributed by atoms with van der Waals surface area (Å²) in [4.78, 5) is 0. The predicted octanol–water partition coefficient (Wildman–Crippen LogP) is 3.98. The third-order valence-electron chi connectivity index (χ3n) is 3.57. The maximum absolute atomic E-state index is 6.28. The smallest absolute Gasteiger partial charge is 0.126 e. The Bertz CT molecular complexity index is 630. The summed E-state index contributed by atoms with van der Waals surface area (Å²) in [5, 5.41) is 0. The fourth-order valence-corrected chi connectivity index (χ4v) is 2.90. The number of benzene rings is 2. The van der Waals surface area contributed by atoms with Crippen molar-refractivity contribution in [3.05, 3.63) is 58.1 Å². The first-order valence-electron chi connectivity index (χ1n) is 6.53. The number of fused-ring (bicyclic) bond motifs is 1. The molecule has 0 saturated heterocycles. The molecule has 104 valence electrons. The summed E-state index contributed by atoms with van der Waals surface area (Å²) >= 11 is 3.47. The molecule has 0 fully saturated rings. The zero-order valence-electron chi connectivity index (χ0n) is 11.2. The van der Waals surface area contributed by atoms with Crippen molar-refractivity contribution in [2.75, 3.05) is 7.11 Å². The van der Waals surface area contributed by atoms with Crippen LogP contribution in [0.3, 0.4) is 0 Å². The van der Waals surface area contributed by atoms with E-state index in [-0.39, 0.29) is 12.1 Å². The van der Waals surface area contributed by atoms with Gasteiger partial charge in [-0.25, -0.2) is 0 Å². The third kappa shape index (κ3) is 2.53. The average molecular weight is 334 g/mol. The Hall–Kier alpha value is -1.52. The van der Waals surface area contributed by atoms with Gasteiger partial charge in [0.15, 0.2) is 0 Å². The molecular weight excluding hydrogens is 318 g/mol. The van der Waals surface area contributed by atoms with Gasteiger partial charge in [-0.2, -0.15) is 0 Å². The van der Waals surface area contributed by atoms with Crippen LogP contribution in [0.2, 0.25) is 0 Å². The Labute approximate surface area is 126 Å². The van der Waals surface area contributed by atoms with E-state index in [1.165, 1.54) is 0 Å². The van der Waals surface area contributed by atoms with Crippen LogP contribution in [-0.4, -0.2) is 7.11 Å². The molecule has 2 aromatic rings. The first-order chi connectivity index (χ1) is 9.67. The van der Waals surface area contributed by atoms with E-state index >= 15 is 0 Å². The Morgan fingerprint density at radius 1 is 1.25 bits per heavy atom. The van der Waals surface area contributed by atoms with Crippen molar-refractivity contribution in [3.8, 4) is 11.5 Å². The normalized spacial score (nSPS) is 20.9. The second-order valence-electron chi connectivity index (χ2n) is 4.91. The summed E-state index contributed by atoms with van der Waals surface area (Å²) in [5.74, 6) is 1.70. The minimum absolute atomic E-state index is 0.0209. The quantitative estimate of drug-likeness (QED) is 0.903. The number of ether oxygens (including phenoxy) is 2. The molecule has 0 bridgehead atoms. The van der Waals surface area contributed by atoms with Crippen LogP contribution in [0.5, 0.6) is 11.5 Å². The molecule has 20 heavy (non-hydrogen) atoms. The molecule has 0 aliphatic carbocycles. The first kappa shape index (κ1) is 13.5. The maximum Gasteiger partial charge on any atom is 0.126 e. The topological polar surface area (TPSA) is 44.5 Å². The summed E-state index contributed by atoms with van der Waals surface area (Å²) in [6.45, 7) is 0. The lowest BCUT2D eigenvalue weighted by atomic mass is 9.93. The van der Waals surface area contributed by atoms with E-state index in [9.17, 15) is 0 Å². The van der Waals surface area contributed by atoms with Gasteiger partial charge in [-0.15, -0.1) is 0 Å². The Balaban J connectivity index is 1.92. The lowest BCUT2D eigenvalue weighted by molar-refractivity contribution is 0.161. The van der Waals surface area contributed by atoms with E-state index in [0.717, 1.165) is 33.5 Å². The van der Waals surface area contributed by atoms with Crippen molar-refractivity contribution in [3.63, 3.8) is 0 Å². The molecule has 2 N–H and O–H groups in total. The van der Waals surface area contributed by atoms with Crippen LogP contribution in [0, 0.1) is 0 Å². The molecule has 0 amide bonds. The van der Waals surface area contributed by atoms with Crippen molar-refractivity contribution in [2.45, 2.75) is 18.6 Å². The van der Waals surface area contributed by atoms with Crippen molar-refractivity contribution in [1.82, 2.24) is 0 Å². The molecule has 1 unspecified atom stereocenters. The summed E-state index contributed by atoms with van der Waals surface area (Å²) in [6, 6.07) is 13.9. The molecule has 2 atom stereocenters. The number of hydrogen-bond acceptors (Lipinski definition) is 3. The maximum atomic E-state index is 6.28. The molecule has 4 heteroatoms. The zero-order valence-corrected chi connectivity index (χ0v) is 12.8. The Kier molecular flexibility index (Phi) is 3.68. The summed E-state index contributed by atoms with van der Waals surface area (Å²) < 4.78 is 12.4. The van der Waals surface area contributed by atoms with E-state index < -0.39 is 0 Å². The standard InChI is InChI=1S/C16H16BrNO2/c1-19-12-4-2-3-10(7-12)16-9-14(18)13-8-11(17)5-6-15(13)20-16/h2-8,14,16H,9,18H2,1H3/t14-,16?/m1/s1. The average Bonchev–Trinajstić information content (AvgIpc) is 2.48. The Morgan fingerprint density at radius 3 is 2.90 bits per heavy atom. The van der Waals surface area contributed by atoms with Crippen LogP contribution >= 0.6 is 15.9 Å². The Morgan fingerprint density at radius 2 is 2.10 bits per heavy atom. The number of methoxy groups -OCH3 is 1. The van der Waals surface area contributed by atoms with Gasteiger partial charge in [0.2, 0.25) is 0 Å². The van der Waals surface area contributed by atoms with Gasteiger partial charge in [-0.05, 0) is 35.9 Å². The zero-order chi connectivity index (χ0) is 14.1. The van der Waals surface area contributed by atoms with E-state index in [1.807, 2.05) is 42.5 Å². The molecule has 0 spiro atoms. The van der Waals surface area contributed by atoms with Crippen molar-refractivity contribution >= 4 is 15.9 Å². The third-order valence-corrected chi connectivity index (χ3v) is 4.07. The molecule has 2 aromatic carbocycles. The van der Waals surface area contributed by atoms with Crippen molar-refractivity contribution in [1.29, 1.82) is 0 Å². The second-order valence-corrected chi connectivity index (χ2v) is 5.82. The van der Waals surface area contributed by atoms with Crippen LogP contribution < -0.4 is 15.2 Å². The molecular formula is C16H16BrNO2. The molecule has 3 rings (SSSR count). The van der Waals surface area contributed by atoms with Gasteiger partial charge >= 0.3 is 0 Å². The van der Waals surface area contributed by atoms with Crippen molar-refractivity contribution in [2.24, 2.45) is 5.73 Å². The van der Waals surface area contributed by atoms with Crippen LogP contribution in [0.15, 0.2) is 46.9 Å². The minimum atomic E-state index is -0.0335. The van der Waals surface area contributed by atoms with Gasteiger partial charge < -0.3 is 15.2 Å². The monoisotopic (exact) mass is 333 g/mol. The predicted molar refractivity (Wildman–Crippen MR) is 82.1 cm³/mol. The lowest BCUT2D eigenvalue weighted by Gasteiger charge is -2.30. The largest absolute Gasteiger partial charge is 0.497 e. The molecule has 0 saturated carbocycles. The fourth-order valence-electron chi connectivity index (χ4n) is 2.52. The van der Waals surface area contributed by atoms with E-state index in [0.29, 0.717) is 0 Å². The second kappa shape index (κ2) is 5.46. The van der Waals surface area contributed by atoms with E-state index in [2.05, 4.69) is 15.9 Å². The highest BCUT2D eigenvalue weighted by atomic mass is 79.9. The number of nitrogens with two attached hydrogens (primary N) is 1. The highest BCUT2D eigenvalue weighted by Gasteiger charge is 2.27. The first-order valence-corrected chi connectivity index (χ1v) is 7.32. The van der Waals surface area contributed by atoms with Gasteiger partial charge in [0, 0.05) is 22.5 Å². The highest BCUT2D eigenvalue weighted by Crippen LogP contribution is 2.41. The highest BCUT2D eigenvalue weighted by molar-refractivity contribution is 9.10. The van der Waals surface area contributed by atoms with Gasteiger partial charge in [-0.1, -0.05) is 28.1 Å². The van der Waals surface area contributed by atoms with Crippen LogP contribution in [0.1, 0.15) is 29.7 Å². The van der Waals surface area contributed by atoms with Gasteiger partial charge in [-0.3, -0.25) is 0 Å². The summed E-state index contributed by atoms with van der Waals surface area (Å²) in [6.07, 6.45) is 0.727. The lowest BCUT2D eigenvalue weighted by Crippen LogP contribution is -2.24. The molecule has 1 aliphatic heterocycles. The molecule has 1 aliphatic rings. The van der Waals surface area contributed by atoms with Gasteiger partial charge in [0.05, 0.1) is 7.11 Å². The van der Waals surface area contributed by atoms with Gasteiger partial charge in [0.1, 0.15) is 17.6 Å². The minimum Gasteiger partial charge on any atom is -0.497 e. The summed E-state index contributed by atoms with van der Waals surface area (Å²) in [5.41, 5.74) is 8.43. The van der Waals surface area contributed by atoms with E-state index in [4.69, 9.17) is 15.2 Å². The molecule has 0 radical (unpaired) electrons. The molecule has 0 aromatic heterocycles.